The van der Waals surface area contributed by atoms with Gasteiger partial charge in [-0.3, -0.25) is 0 Å². The number of aryl methyl sites for hydroxylation is 2. The minimum atomic E-state index is -1.82. The smallest absolute Gasteiger partial charge is 0.457 e. The summed E-state index contributed by atoms with van der Waals surface area (Å²) in [6.07, 6.45) is 0. The zero-order valence-corrected chi connectivity index (χ0v) is 10.7. The van der Waals surface area contributed by atoms with E-state index < -0.39 is 12.9 Å². The molecule has 3 nitrogen and oxygen atoms in total. The molecule has 0 aliphatic rings. The lowest BCUT2D eigenvalue weighted by Crippen LogP contribution is -2.32. The normalized spacial score (nSPS) is 10.4. The molecule has 0 atom stereocenters. The highest BCUT2D eigenvalue weighted by Crippen LogP contribution is 2.23. The molecular formula is C14H14BFO3. The van der Waals surface area contributed by atoms with Crippen LogP contribution in [0.2, 0.25) is 0 Å². The van der Waals surface area contributed by atoms with Gasteiger partial charge in [-0.25, -0.2) is 4.39 Å². The van der Waals surface area contributed by atoms with Crippen LogP contribution in [0.1, 0.15) is 11.1 Å². The Kier molecular flexibility index (Phi) is 3.88. The second kappa shape index (κ2) is 5.42. The molecule has 0 saturated heterocycles. The van der Waals surface area contributed by atoms with Crippen molar-refractivity contribution in [2.45, 2.75) is 13.8 Å². The summed E-state index contributed by atoms with van der Waals surface area (Å²) in [5.74, 6) is 0.210. The summed E-state index contributed by atoms with van der Waals surface area (Å²) in [6, 6.07) is 9.50. The molecule has 0 heterocycles. The van der Waals surface area contributed by atoms with Gasteiger partial charge in [0.15, 0.2) is 0 Å². The molecule has 2 aromatic rings. The summed E-state index contributed by atoms with van der Waals surface area (Å²) in [4.78, 5) is 0. The molecule has 2 rings (SSSR count). The van der Waals surface area contributed by atoms with Crippen LogP contribution in [-0.4, -0.2) is 17.2 Å². The summed E-state index contributed by atoms with van der Waals surface area (Å²) in [6.45, 7) is 3.96. The number of halogens is 1. The highest BCUT2D eigenvalue weighted by Gasteiger charge is 2.16. The first kappa shape index (κ1) is 13.6. The van der Waals surface area contributed by atoms with Crippen molar-refractivity contribution in [1.29, 1.82) is 0 Å². The Labute approximate surface area is 111 Å². The van der Waals surface area contributed by atoms with Gasteiger partial charge in [0.25, 0.3) is 0 Å². The van der Waals surface area contributed by atoms with Gasteiger partial charge in [-0.05, 0) is 43.2 Å². The predicted molar refractivity (Wildman–Crippen MR) is 72.2 cm³/mol. The van der Waals surface area contributed by atoms with Crippen LogP contribution in [-0.2, 0) is 0 Å². The zero-order valence-electron chi connectivity index (χ0n) is 10.7. The molecule has 98 valence electrons. The van der Waals surface area contributed by atoms with Crippen LogP contribution < -0.4 is 10.2 Å². The van der Waals surface area contributed by atoms with Crippen molar-refractivity contribution in [2.75, 3.05) is 0 Å². The monoisotopic (exact) mass is 260 g/mol. The third kappa shape index (κ3) is 3.13. The standard InChI is InChI=1S/C14H14BFO3/c1-9-3-4-11(7-10(9)2)19-12-5-6-13(15(17)18)14(16)8-12/h3-8,17-18H,1-2H3. The van der Waals surface area contributed by atoms with E-state index >= 15 is 0 Å². The Hall–Kier alpha value is -1.85. The van der Waals surface area contributed by atoms with Gasteiger partial charge < -0.3 is 14.8 Å². The van der Waals surface area contributed by atoms with Crippen LogP contribution in [0.4, 0.5) is 4.39 Å². The van der Waals surface area contributed by atoms with E-state index in [1.165, 1.54) is 12.1 Å². The van der Waals surface area contributed by atoms with E-state index in [9.17, 15) is 4.39 Å². The lowest BCUT2D eigenvalue weighted by Gasteiger charge is -2.09. The molecule has 0 bridgehead atoms. The average molecular weight is 260 g/mol. The fourth-order valence-electron chi connectivity index (χ4n) is 1.69. The second-order valence-electron chi connectivity index (χ2n) is 4.41. The third-order valence-corrected chi connectivity index (χ3v) is 2.96. The molecule has 0 spiro atoms. The third-order valence-electron chi connectivity index (χ3n) is 2.96. The van der Waals surface area contributed by atoms with Crippen molar-refractivity contribution >= 4 is 12.6 Å². The molecule has 0 aliphatic carbocycles. The van der Waals surface area contributed by atoms with E-state index in [0.29, 0.717) is 11.5 Å². The van der Waals surface area contributed by atoms with Gasteiger partial charge >= 0.3 is 7.12 Å². The number of rotatable bonds is 3. The quantitative estimate of drug-likeness (QED) is 0.829. The Morgan fingerprint density at radius 3 is 2.16 bits per heavy atom. The summed E-state index contributed by atoms with van der Waals surface area (Å²) in [5.41, 5.74) is 2.06. The second-order valence-corrected chi connectivity index (χ2v) is 4.41. The van der Waals surface area contributed by atoms with Gasteiger partial charge in [0.1, 0.15) is 17.3 Å². The van der Waals surface area contributed by atoms with E-state index in [2.05, 4.69) is 0 Å². The van der Waals surface area contributed by atoms with Crippen LogP contribution in [0, 0.1) is 19.7 Å². The van der Waals surface area contributed by atoms with Crippen molar-refractivity contribution in [3.8, 4) is 11.5 Å². The first-order valence-electron chi connectivity index (χ1n) is 5.88. The Morgan fingerprint density at radius 2 is 1.58 bits per heavy atom. The molecular weight excluding hydrogens is 246 g/mol. The van der Waals surface area contributed by atoms with Crippen LogP contribution in [0.5, 0.6) is 11.5 Å². The van der Waals surface area contributed by atoms with Crippen LogP contribution in [0.3, 0.4) is 0 Å². The summed E-state index contributed by atoms with van der Waals surface area (Å²) >= 11 is 0. The van der Waals surface area contributed by atoms with Gasteiger partial charge in [0.05, 0.1) is 0 Å². The van der Waals surface area contributed by atoms with Gasteiger partial charge in [0, 0.05) is 11.5 Å². The lowest BCUT2D eigenvalue weighted by atomic mass is 9.80. The Bertz CT molecular complexity index is 599. The van der Waals surface area contributed by atoms with Crippen molar-refractivity contribution in [1.82, 2.24) is 0 Å². The maximum atomic E-state index is 13.5. The molecule has 0 radical (unpaired) electrons. The highest BCUT2D eigenvalue weighted by atomic mass is 19.1. The van der Waals surface area contributed by atoms with Gasteiger partial charge in [-0.15, -0.1) is 0 Å². The number of ether oxygens (including phenoxy) is 1. The van der Waals surface area contributed by atoms with Gasteiger partial charge in [-0.2, -0.15) is 0 Å². The van der Waals surface area contributed by atoms with E-state index in [0.717, 1.165) is 17.2 Å². The molecule has 5 heteroatoms. The molecule has 0 amide bonds. The molecule has 0 aliphatic heterocycles. The van der Waals surface area contributed by atoms with E-state index in [1.807, 2.05) is 26.0 Å². The maximum absolute atomic E-state index is 13.5. The maximum Gasteiger partial charge on any atom is 0.491 e. The van der Waals surface area contributed by atoms with Crippen LogP contribution >= 0.6 is 0 Å². The Balaban J connectivity index is 2.24. The summed E-state index contributed by atoms with van der Waals surface area (Å²) in [7, 11) is -1.82. The number of hydrogen-bond donors (Lipinski definition) is 2. The molecule has 19 heavy (non-hydrogen) atoms. The summed E-state index contributed by atoms with van der Waals surface area (Å²) in [5, 5.41) is 17.9. The minimum absolute atomic E-state index is 0.174. The van der Waals surface area contributed by atoms with Crippen molar-refractivity contribution in [3.05, 3.63) is 53.3 Å². The minimum Gasteiger partial charge on any atom is -0.457 e. The fourth-order valence-corrected chi connectivity index (χ4v) is 1.69. The topological polar surface area (TPSA) is 49.7 Å². The first-order chi connectivity index (χ1) is 8.97. The molecule has 2 aromatic carbocycles. The highest BCUT2D eigenvalue weighted by molar-refractivity contribution is 6.58. The molecule has 0 aromatic heterocycles. The molecule has 2 N–H and O–H groups in total. The largest absolute Gasteiger partial charge is 0.491 e. The van der Waals surface area contributed by atoms with Crippen molar-refractivity contribution in [3.63, 3.8) is 0 Å². The number of hydrogen-bond acceptors (Lipinski definition) is 3. The Morgan fingerprint density at radius 1 is 0.947 bits per heavy atom. The first-order valence-corrected chi connectivity index (χ1v) is 5.88. The van der Waals surface area contributed by atoms with Crippen molar-refractivity contribution in [2.24, 2.45) is 0 Å². The number of benzene rings is 2. The fraction of sp³-hybridized carbons (Fsp3) is 0.143. The molecule has 0 fully saturated rings. The van der Waals surface area contributed by atoms with Crippen LogP contribution in [0.15, 0.2) is 36.4 Å². The molecule has 0 saturated carbocycles. The van der Waals surface area contributed by atoms with Gasteiger partial charge in [-0.1, -0.05) is 12.1 Å². The average Bonchev–Trinajstić information content (AvgIpc) is 2.33. The van der Waals surface area contributed by atoms with Crippen LogP contribution in [0.25, 0.3) is 0 Å². The van der Waals surface area contributed by atoms with Crippen molar-refractivity contribution < 1.29 is 19.2 Å². The van der Waals surface area contributed by atoms with Gasteiger partial charge in [0.2, 0.25) is 0 Å². The van der Waals surface area contributed by atoms with E-state index in [4.69, 9.17) is 14.8 Å². The lowest BCUT2D eigenvalue weighted by molar-refractivity contribution is 0.422. The SMILES string of the molecule is Cc1ccc(Oc2ccc(B(O)O)c(F)c2)cc1C. The zero-order chi connectivity index (χ0) is 14.0. The molecule has 0 unspecified atom stereocenters. The predicted octanol–water partition coefficient (Wildman–Crippen LogP) is 1.91. The van der Waals surface area contributed by atoms with E-state index in [-0.39, 0.29) is 5.46 Å². The van der Waals surface area contributed by atoms with E-state index in [1.54, 1.807) is 6.07 Å². The summed E-state index contributed by atoms with van der Waals surface area (Å²) < 4.78 is 19.1.